The van der Waals surface area contributed by atoms with Gasteiger partial charge in [-0.05, 0) is 37.0 Å². The highest BCUT2D eigenvalue weighted by Crippen LogP contribution is 2.29. The first-order chi connectivity index (χ1) is 8.56. The Labute approximate surface area is 115 Å². The Hall–Kier alpha value is -0.570. The molecule has 0 aromatic heterocycles. The van der Waals surface area contributed by atoms with Crippen LogP contribution < -0.4 is 5.32 Å². The summed E-state index contributed by atoms with van der Waals surface area (Å²) in [6, 6.07) is 8.30. The van der Waals surface area contributed by atoms with Crippen LogP contribution in [0.25, 0.3) is 0 Å². The Balaban J connectivity index is 2.10. The fourth-order valence-corrected chi connectivity index (χ4v) is 2.71. The molecule has 18 heavy (non-hydrogen) atoms. The number of morpholine rings is 1. The molecule has 0 bridgehead atoms. The summed E-state index contributed by atoms with van der Waals surface area (Å²) in [5.74, 6) is 0.658. The minimum atomic E-state index is 0.0983. The molecule has 3 atom stereocenters. The molecule has 0 aliphatic carbocycles. The first kappa shape index (κ1) is 13.9. The molecular formula is C15H22ClNO. The third kappa shape index (κ3) is 3.47. The summed E-state index contributed by atoms with van der Waals surface area (Å²) < 4.78 is 6.23. The number of rotatable bonds is 3. The molecule has 1 saturated heterocycles. The summed E-state index contributed by atoms with van der Waals surface area (Å²) in [7, 11) is 0. The van der Waals surface area contributed by atoms with Gasteiger partial charge in [0.2, 0.25) is 0 Å². The van der Waals surface area contributed by atoms with E-state index in [0.29, 0.717) is 18.1 Å². The number of hydrogen-bond donors (Lipinski definition) is 1. The van der Waals surface area contributed by atoms with Crippen LogP contribution in [0, 0.1) is 5.92 Å². The molecule has 1 N–H and O–H groups in total. The Morgan fingerprint density at radius 2 is 2.22 bits per heavy atom. The topological polar surface area (TPSA) is 21.3 Å². The monoisotopic (exact) mass is 267 g/mol. The lowest BCUT2D eigenvalue weighted by atomic mass is 9.98. The minimum Gasteiger partial charge on any atom is -0.367 e. The zero-order valence-corrected chi connectivity index (χ0v) is 12.1. The largest absolute Gasteiger partial charge is 0.367 e. The van der Waals surface area contributed by atoms with Crippen LogP contribution >= 0.6 is 11.6 Å². The molecule has 2 nitrogen and oxygen atoms in total. The van der Waals surface area contributed by atoms with Gasteiger partial charge in [0.05, 0.1) is 12.2 Å². The van der Waals surface area contributed by atoms with Crippen molar-refractivity contribution in [1.29, 1.82) is 0 Å². The van der Waals surface area contributed by atoms with Crippen LogP contribution in [0.15, 0.2) is 24.3 Å². The molecule has 1 heterocycles. The van der Waals surface area contributed by atoms with Gasteiger partial charge < -0.3 is 10.1 Å². The van der Waals surface area contributed by atoms with Crippen molar-refractivity contribution in [3.63, 3.8) is 0 Å². The smallest absolute Gasteiger partial charge is 0.0980 e. The van der Waals surface area contributed by atoms with E-state index in [2.05, 4.69) is 32.2 Å². The Kier molecular flexibility index (Phi) is 4.66. The summed E-state index contributed by atoms with van der Waals surface area (Å²) in [6.45, 7) is 7.57. The van der Waals surface area contributed by atoms with Crippen molar-refractivity contribution in [2.75, 3.05) is 6.54 Å². The van der Waals surface area contributed by atoms with Crippen molar-refractivity contribution < 1.29 is 4.74 Å². The zero-order valence-electron chi connectivity index (χ0n) is 11.3. The fourth-order valence-electron chi connectivity index (χ4n) is 2.51. The predicted octanol–water partition coefficient (Wildman–Crippen LogP) is 3.80. The highest BCUT2D eigenvalue weighted by Gasteiger charge is 2.29. The van der Waals surface area contributed by atoms with Gasteiger partial charge in [0.25, 0.3) is 0 Å². The predicted molar refractivity (Wildman–Crippen MR) is 76.0 cm³/mol. The Bertz CT molecular complexity index is 394. The van der Waals surface area contributed by atoms with Crippen LogP contribution in [0.2, 0.25) is 5.02 Å². The second-order valence-electron chi connectivity index (χ2n) is 5.56. The van der Waals surface area contributed by atoms with Gasteiger partial charge in [-0.15, -0.1) is 0 Å². The van der Waals surface area contributed by atoms with Crippen molar-refractivity contribution in [1.82, 2.24) is 5.32 Å². The molecule has 1 aliphatic rings. The van der Waals surface area contributed by atoms with Gasteiger partial charge >= 0.3 is 0 Å². The van der Waals surface area contributed by atoms with Gasteiger partial charge in [0, 0.05) is 17.6 Å². The highest BCUT2D eigenvalue weighted by molar-refractivity contribution is 6.30. The summed E-state index contributed by atoms with van der Waals surface area (Å²) in [5.41, 5.74) is 1.16. The fraction of sp³-hybridized carbons (Fsp3) is 0.600. The Morgan fingerprint density at radius 3 is 2.89 bits per heavy atom. The molecule has 100 valence electrons. The third-order valence-electron chi connectivity index (χ3n) is 3.37. The summed E-state index contributed by atoms with van der Waals surface area (Å²) in [5, 5.41) is 4.31. The standard InChI is InChI=1S/C15H22ClNO/c1-10(2)7-14-9-17-11(3)15(18-14)12-5-4-6-13(16)8-12/h4-6,8,10-11,14-15,17H,7,9H2,1-3H3. The van der Waals surface area contributed by atoms with Crippen LogP contribution in [0.4, 0.5) is 0 Å². The molecule has 0 amide bonds. The SMILES string of the molecule is CC(C)CC1CNC(C)C(c2cccc(Cl)c2)O1. The van der Waals surface area contributed by atoms with Crippen molar-refractivity contribution in [3.05, 3.63) is 34.9 Å². The van der Waals surface area contributed by atoms with Gasteiger partial charge in [-0.3, -0.25) is 0 Å². The van der Waals surface area contributed by atoms with Crippen molar-refractivity contribution in [2.24, 2.45) is 5.92 Å². The van der Waals surface area contributed by atoms with E-state index < -0.39 is 0 Å². The van der Waals surface area contributed by atoms with E-state index in [1.165, 1.54) is 0 Å². The molecule has 3 heteroatoms. The van der Waals surface area contributed by atoms with Gasteiger partial charge in [0.15, 0.2) is 0 Å². The second-order valence-corrected chi connectivity index (χ2v) is 6.00. The molecule has 0 saturated carbocycles. The first-order valence-electron chi connectivity index (χ1n) is 6.70. The number of benzene rings is 1. The lowest BCUT2D eigenvalue weighted by molar-refractivity contribution is -0.0687. The van der Waals surface area contributed by atoms with Gasteiger partial charge in [-0.1, -0.05) is 37.6 Å². The lowest BCUT2D eigenvalue weighted by Crippen LogP contribution is -2.47. The maximum Gasteiger partial charge on any atom is 0.0980 e. The number of nitrogens with one attached hydrogen (secondary N) is 1. The van der Waals surface area contributed by atoms with Crippen molar-refractivity contribution in [3.8, 4) is 0 Å². The normalized spacial score (nSPS) is 28.6. The average molecular weight is 268 g/mol. The quantitative estimate of drug-likeness (QED) is 0.899. The maximum absolute atomic E-state index is 6.23. The lowest BCUT2D eigenvalue weighted by Gasteiger charge is -2.37. The second kappa shape index (κ2) is 6.05. The van der Waals surface area contributed by atoms with Crippen LogP contribution in [-0.2, 0) is 4.74 Å². The molecule has 2 rings (SSSR count). The van der Waals surface area contributed by atoms with E-state index in [0.717, 1.165) is 23.6 Å². The van der Waals surface area contributed by atoms with Crippen LogP contribution in [0.3, 0.4) is 0 Å². The number of ether oxygens (including phenoxy) is 1. The minimum absolute atomic E-state index is 0.0983. The van der Waals surface area contributed by atoms with Crippen LogP contribution in [-0.4, -0.2) is 18.7 Å². The molecule has 1 aromatic carbocycles. The molecular weight excluding hydrogens is 246 g/mol. The molecule has 3 unspecified atom stereocenters. The summed E-state index contributed by atoms with van der Waals surface area (Å²) in [4.78, 5) is 0. The highest BCUT2D eigenvalue weighted by atomic mass is 35.5. The van der Waals surface area contributed by atoms with Crippen molar-refractivity contribution in [2.45, 2.75) is 45.4 Å². The molecule has 0 spiro atoms. The van der Waals surface area contributed by atoms with Crippen LogP contribution in [0.5, 0.6) is 0 Å². The molecule has 1 aromatic rings. The van der Waals surface area contributed by atoms with E-state index >= 15 is 0 Å². The maximum atomic E-state index is 6.23. The van der Waals surface area contributed by atoms with Crippen LogP contribution in [0.1, 0.15) is 38.9 Å². The van der Waals surface area contributed by atoms with Gasteiger partial charge in [0.1, 0.15) is 0 Å². The third-order valence-corrected chi connectivity index (χ3v) is 3.61. The van der Waals surface area contributed by atoms with E-state index in [-0.39, 0.29) is 6.10 Å². The Morgan fingerprint density at radius 1 is 1.44 bits per heavy atom. The number of halogens is 1. The molecule has 0 radical (unpaired) electrons. The molecule has 1 aliphatic heterocycles. The van der Waals surface area contributed by atoms with E-state index in [1.54, 1.807) is 0 Å². The average Bonchev–Trinajstić information content (AvgIpc) is 2.31. The van der Waals surface area contributed by atoms with Crippen molar-refractivity contribution >= 4 is 11.6 Å². The molecule has 1 fully saturated rings. The van der Waals surface area contributed by atoms with E-state index in [4.69, 9.17) is 16.3 Å². The van der Waals surface area contributed by atoms with E-state index in [1.807, 2.05) is 18.2 Å². The summed E-state index contributed by atoms with van der Waals surface area (Å²) >= 11 is 6.06. The first-order valence-corrected chi connectivity index (χ1v) is 7.08. The van der Waals surface area contributed by atoms with Gasteiger partial charge in [-0.25, -0.2) is 0 Å². The van der Waals surface area contributed by atoms with E-state index in [9.17, 15) is 0 Å². The number of hydrogen-bond acceptors (Lipinski definition) is 2. The summed E-state index contributed by atoms with van der Waals surface area (Å²) in [6.07, 6.45) is 1.49. The van der Waals surface area contributed by atoms with Gasteiger partial charge in [-0.2, -0.15) is 0 Å². The zero-order chi connectivity index (χ0) is 13.1.